The Labute approximate surface area is 171 Å². The minimum atomic E-state index is -0.519. The highest BCUT2D eigenvalue weighted by Gasteiger charge is 2.27. The Morgan fingerprint density at radius 2 is 2.03 bits per heavy atom. The summed E-state index contributed by atoms with van der Waals surface area (Å²) in [4.78, 5) is 32.6. The number of hydrogen-bond acceptors (Lipinski definition) is 4. The first kappa shape index (κ1) is 19.0. The van der Waals surface area contributed by atoms with E-state index in [0.29, 0.717) is 17.1 Å². The number of aliphatic imine (C=N–C) groups is 1. The lowest BCUT2D eigenvalue weighted by atomic mass is 10.2. The van der Waals surface area contributed by atoms with E-state index in [0.717, 1.165) is 10.4 Å². The Bertz CT molecular complexity index is 1110. The van der Waals surface area contributed by atoms with E-state index in [1.54, 1.807) is 24.3 Å². The van der Waals surface area contributed by atoms with Gasteiger partial charge < -0.3 is 10.2 Å². The molecule has 5 nitrogen and oxygen atoms in total. The van der Waals surface area contributed by atoms with Gasteiger partial charge in [0.05, 0.1) is 29.2 Å². The lowest BCUT2D eigenvalue weighted by Crippen LogP contribution is -2.38. The molecule has 0 atom stereocenters. The average molecular weight is 407 g/mol. The van der Waals surface area contributed by atoms with Crippen molar-refractivity contribution >= 4 is 45.9 Å². The van der Waals surface area contributed by atoms with Crippen molar-refractivity contribution in [1.82, 2.24) is 0 Å². The minimum Gasteiger partial charge on any atom is -0.322 e. The molecule has 29 heavy (non-hydrogen) atoms. The van der Waals surface area contributed by atoms with E-state index < -0.39 is 11.7 Å². The fourth-order valence-corrected chi connectivity index (χ4v) is 3.89. The zero-order valence-electron chi connectivity index (χ0n) is 15.7. The summed E-state index contributed by atoms with van der Waals surface area (Å²) in [6.45, 7) is 1.59. The standard InChI is InChI=1S/C22H18FN3O2S/c1-14-8-9-15(23)17(11-14)25-21(27)13-26-19-6-3-2-5-16(19)24-18(12-22(26)28)20-7-4-10-29-20/h2-11H,12-13H2,1H3,(H,25,27). The molecule has 146 valence electrons. The van der Waals surface area contributed by atoms with Crippen molar-refractivity contribution in [3.63, 3.8) is 0 Å². The predicted octanol–water partition coefficient (Wildman–Crippen LogP) is 4.69. The van der Waals surface area contributed by atoms with Crippen LogP contribution in [0.3, 0.4) is 0 Å². The first-order valence-electron chi connectivity index (χ1n) is 9.08. The molecule has 4 rings (SSSR count). The first-order chi connectivity index (χ1) is 14.0. The summed E-state index contributed by atoms with van der Waals surface area (Å²) >= 11 is 1.51. The zero-order valence-corrected chi connectivity index (χ0v) is 16.5. The van der Waals surface area contributed by atoms with Crippen molar-refractivity contribution in [1.29, 1.82) is 0 Å². The van der Waals surface area contributed by atoms with E-state index in [1.165, 1.54) is 22.3 Å². The molecule has 2 heterocycles. The van der Waals surface area contributed by atoms with Crippen molar-refractivity contribution in [2.45, 2.75) is 13.3 Å². The molecule has 0 spiro atoms. The van der Waals surface area contributed by atoms with Crippen molar-refractivity contribution in [3.8, 4) is 0 Å². The van der Waals surface area contributed by atoms with Crippen LogP contribution >= 0.6 is 11.3 Å². The number of amides is 2. The first-order valence-corrected chi connectivity index (χ1v) is 9.96. The van der Waals surface area contributed by atoms with Crippen molar-refractivity contribution in [3.05, 3.63) is 76.2 Å². The highest BCUT2D eigenvalue weighted by Crippen LogP contribution is 2.33. The number of nitrogens with zero attached hydrogens (tertiary/aromatic N) is 2. The third kappa shape index (κ3) is 4.09. The van der Waals surface area contributed by atoms with Crippen LogP contribution in [0.5, 0.6) is 0 Å². The van der Waals surface area contributed by atoms with Gasteiger partial charge in [-0.25, -0.2) is 9.38 Å². The van der Waals surface area contributed by atoms with Gasteiger partial charge in [0.1, 0.15) is 12.4 Å². The lowest BCUT2D eigenvalue weighted by Gasteiger charge is -2.22. The maximum atomic E-state index is 14.0. The summed E-state index contributed by atoms with van der Waals surface area (Å²) in [5, 5.41) is 4.50. The third-order valence-electron chi connectivity index (χ3n) is 4.55. The topological polar surface area (TPSA) is 61.8 Å². The van der Waals surface area contributed by atoms with Crippen LogP contribution in [0.15, 0.2) is 65.0 Å². The smallest absolute Gasteiger partial charge is 0.244 e. The minimum absolute atomic E-state index is 0.0846. The molecule has 1 aliphatic rings. The van der Waals surface area contributed by atoms with Crippen LogP contribution in [0.1, 0.15) is 16.9 Å². The zero-order chi connectivity index (χ0) is 20.4. The fourth-order valence-electron chi connectivity index (χ4n) is 3.17. The van der Waals surface area contributed by atoms with Crippen LogP contribution in [0.2, 0.25) is 0 Å². The van der Waals surface area contributed by atoms with Crippen LogP contribution in [0, 0.1) is 12.7 Å². The number of nitrogens with one attached hydrogen (secondary N) is 1. The van der Waals surface area contributed by atoms with Crippen molar-refractivity contribution in [2.24, 2.45) is 4.99 Å². The molecule has 0 saturated heterocycles. The third-order valence-corrected chi connectivity index (χ3v) is 5.47. The lowest BCUT2D eigenvalue weighted by molar-refractivity contribution is -0.120. The molecule has 0 radical (unpaired) electrons. The molecule has 0 aliphatic carbocycles. The Kier molecular flexibility index (Phi) is 5.22. The molecule has 1 aliphatic heterocycles. The predicted molar refractivity (Wildman–Crippen MR) is 114 cm³/mol. The molecule has 0 saturated carbocycles. The second-order valence-corrected chi connectivity index (χ2v) is 7.66. The summed E-state index contributed by atoms with van der Waals surface area (Å²) < 4.78 is 14.0. The molecule has 1 aromatic heterocycles. The number of hydrogen-bond donors (Lipinski definition) is 1. The summed E-state index contributed by atoms with van der Waals surface area (Å²) in [5.74, 6) is -1.23. The highest BCUT2D eigenvalue weighted by molar-refractivity contribution is 7.12. The van der Waals surface area contributed by atoms with Gasteiger partial charge in [0.15, 0.2) is 0 Å². The largest absolute Gasteiger partial charge is 0.322 e. The number of benzene rings is 2. The van der Waals surface area contributed by atoms with Crippen LogP contribution in [0.4, 0.5) is 21.5 Å². The van der Waals surface area contributed by atoms with Crippen LogP contribution in [0.25, 0.3) is 0 Å². The number of carbonyl (C=O) groups excluding carboxylic acids is 2. The average Bonchev–Trinajstić information content (AvgIpc) is 3.19. The summed E-state index contributed by atoms with van der Waals surface area (Å²) in [7, 11) is 0. The number of rotatable bonds is 4. The Hall–Kier alpha value is -3.32. The van der Waals surface area contributed by atoms with Crippen molar-refractivity contribution < 1.29 is 14.0 Å². The van der Waals surface area contributed by atoms with Gasteiger partial charge in [-0.2, -0.15) is 0 Å². The Balaban J connectivity index is 1.61. The van der Waals surface area contributed by atoms with E-state index in [1.807, 2.05) is 36.6 Å². The SMILES string of the molecule is Cc1ccc(F)c(NC(=O)CN2C(=O)CC(c3cccs3)=Nc3ccccc32)c1. The molecule has 7 heteroatoms. The normalized spacial score (nSPS) is 13.5. The van der Waals surface area contributed by atoms with E-state index in [4.69, 9.17) is 0 Å². The maximum absolute atomic E-state index is 14.0. The second-order valence-electron chi connectivity index (χ2n) is 6.71. The molecule has 1 N–H and O–H groups in total. The summed E-state index contributed by atoms with van der Waals surface area (Å²) in [6, 6.07) is 15.5. The van der Waals surface area contributed by atoms with Gasteiger partial charge in [-0.1, -0.05) is 24.3 Å². The molecule has 0 fully saturated rings. The highest BCUT2D eigenvalue weighted by atomic mass is 32.1. The molecule has 2 aromatic carbocycles. The van der Waals surface area contributed by atoms with Gasteiger partial charge >= 0.3 is 0 Å². The monoisotopic (exact) mass is 407 g/mol. The van der Waals surface area contributed by atoms with Gasteiger partial charge in [0.2, 0.25) is 11.8 Å². The van der Waals surface area contributed by atoms with Crippen LogP contribution in [-0.2, 0) is 9.59 Å². The number of aryl methyl sites for hydroxylation is 1. The number of para-hydroxylation sites is 2. The van der Waals surface area contributed by atoms with Gasteiger partial charge in [0, 0.05) is 4.88 Å². The quantitative estimate of drug-likeness (QED) is 0.682. The van der Waals surface area contributed by atoms with Gasteiger partial charge in [-0.05, 0) is 48.2 Å². The summed E-state index contributed by atoms with van der Waals surface area (Å²) in [5.41, 5.74) is 2.78. The molecule has 2 amide bonds. The molecular weight excluding hydrogens is 389 g/mol. The number of thiophene rings is 1. The Morgan fingerprint density at radius 1 is 1.21 bits per heavy atom. The van der Waals surface area contributed by atoms with Crippen LogP contribution < -0.4 is 10.2 Å². The molecule has 3 aromatic rings. The van der Waals surface area contributed by atoms with E-state index in [-0.39, 0.29) is 24.6 Å². The van der Waals surface area contributed by atoms with Gasteiger partial charge in [-0.3, -0.25) is 9.59 Å². The van der Waals surface area contributed by atoms with E-state index >= 15 is 0 Å². The number of fused-ring (bicyclic) bond motifs is 1. The van der Waals surface area contributed by atoms with Crippen LogP contribution in [-0.4, -0.2) is 24.1 Å². The van der Waals surface area contributed by atoms with Crippen molar-refractivity contribution in [2.75, 3.05) is 16.8 Å². The molecule has 0 unspecified atom stereocenters. The number of halogens is 1. The molecule has 0 bridgehead atoms. The fraction of sp³-hybridized carbons (Fsp3) is 0.136. The summed E-state index contributed by atoms with van der Waals surface area (Å²) in [6.07, 6.45) is 0.0846. The second kappa shape index (κ2) is 7.97. The van der Waals surface area contributed by atoms with E-state index in [9.17, 15) is 14.0 Å². The van der Waals surface area contributed by atoms with E-state index in [2.05, 4.69) is 10.3 Å². The number of carbonyl (C=O) groups is 2. The maximum Gasteiger partial charge on any atom is 0.244 e. The molecular formula is C22H18FN3O2S. The van der Waals surface area contributed by atoms with Gasteiger partial charge in [-0.15, -0.1) is 11.3 Å². The number of anilines is 2. The Morgan fingerprint density at radius 3 is 2.83 bits per heavy atom. The van der Waals surface area contributed by atoms with Gasteiger partial charge in [0.25, 0.3) is 0 Å².